The summed E-state index contributed by atoms with van der Waals surface area (Å²) in [6, 6.07) is 3.90. The molecular weight excluding hydrogens is 576 g/mol. The van der Waals surface area contributed by atoms with E-state index >= 15 is 0 Å². The van der Waals surface area contributed by atoms with Crippen LogP contribution in [0.5, 0.6) is 0 Å². The molecule has 4 saturated carbocycles. The molecular formula is C35H48N2O8. The van der Waals surface area contributed by atoms with Crippen molar-refractivity contribution in [1.82, 2.24) is 4.98 Å². The highest BCUT2D eigenvalue weighted by atomic mass is 16.7. The van der Waals surface area contributed by atoms with Crippen molar-refractivity contribution >= 4 is 12.2 Å². The van der Waals surface area contributed by atoms with Crippen LogP contribution >= 0.6 is 0 Å². The molecule has 45 heavy (non-hydrogen) atoms. The molecule has 0 spiro atoms. The molecule has 1 saturated heterocycles. The van der Waals surface area contributed by atoms with Gasteiger partial charge in [-0.3, -0.25) is 9.98 Å². The number of carbonyl (C=O) groups excluding carboxylic acids is 1. The van der Waals surface area contributed by atoms with Crippen molar-refractivity contribution in [3.8, 4) is 0 Å². The van der Waals surface area contributed by atoms with Crippen molar-refractivity contribution in [3.63, 3.8) is 0 Å². The molecule has 7 rings (SSSR count). The molecule has 0 amide bonds. The summed E-state index contributed by atoms with van der Waals surface area (Å²) in [7, 11) is 0. The fraction of sp³-hybridized carbons (Fsp3) is 0.743. The zero-order valence-electron chi connectivity index (χ0n) is 26.4. The molecule has 2 aliphatic heterocycles. The summed E-state index contributed by atoms with van der Waals surface area (Å²) in [4.78, 5) is 21.2. The Morgan fingerprint density at radius 1 is 1.11 bits per heavy atom. The van der Waals surface area contributed by atoms with E-state index in [0.29, 0.717) is 51.7 Å². The summed E-state index contributed by atoms with van der Waals surface area (Å²) in [5.74, 6) is -0.171. The first-order valence-corrected chi connectivity index (χ1v) is 16.9. The number of aliphatic hydroxyl groups excluding tert-OH is 2. The summed E-state index contributed by atoms with van der Waals surface area (Å²) in [6.45, 7) is 4.71. The predicted octanol–water partition coefficient (Wildman–Crippen LogP) is 3.25. The van der Waals surface area contributed by atoms with Gasteiger partial charge in [0, 0.05) is 48.4 Å². The fourth-order valence-electron chi connectivity index (χ4n) is 10.6. The van der Waals surface area contributed by atoms with E-state index in [-0.39, 0.29) is 41.7 Å². The van der Waals surface area contributed by atoms with Crippen molar-refractivity contribution in [3.05, 3.63) is 41.7 Å². The number of aliphatic hydroxyl groups is 4. The van der Waals surface area contributed by atoms with Gasteiger partial charge in [-0.25, -0.2) is 4.79 Å². The normalized spacial score (nSPS) is 48.0. The average Bonchev–Trinajstić information content (AvgIpc) is 3.56. The number of nitrogens with zero attached hydrogens (tertiary/aromatic N) is 2. The van der Waals surface area contributed by atoms with Crippen molar-refractivity contribution in [2.75, 3.05) is 6.61 Å². The number of hydrogen-bond donors (Lipinski definition) is 4. The molecule has 12 atom stereocenters. The summed E-state index contributed by atoms with van der Waals surface area (Å²) in [6.07, 6.45) is 10.2. The number of aliphatic imine (C=N–C) groups is 1. The Labute approximate surface area is 264 Å². The smallest absolute Gasteiger partial charge is 0.331 e. The van der Waals surface area contributed by atoms with Gasteiger partial charge in [0.1, 0.15) is 12.7 Å². The van der Waals surface area contributed by atoms with Gasteiger partial charge in [-0.05, 0) is 93.2 Å². The SMILES string of the molecule is CC1OC(OC2CCC3(C=NCc4cccnc4)C4CCC5(C)C(C6=CC(=O)OC6)CCC5(O)C4CCC3(O)C2)CC(O)C1O. The monoisotopic (exact) mass is 624 g/mol. The Hall–Kier alpha value is -2.21. The largest absolute Gasteiger partial charge is 0.458 e. The van der Waals surface area contributed by atoms with Crippen LogP contribution in [0.1, 0.15) is 83.6 Å². The van der Waals surface area contributed by atoms with Gasteiger partial charge in [-0.2, -0.15) is 0 Å². The lowest BCUT2D eigenvalue weighted by atomic mass is 9.41. The third kappa shape index (κ3) is 5.02. The second-order valence-electron chi connectivity index (χ2n) is 15.0. The molecule has 10 nitrogen and oxygen atoms in total. The Kier molecular flexibility index (Phi) is 8.02. The summed E-state index contributed by atoms with van der Waals surface area (Å²) >= 11 is 0. The minimum atomic E-state index is -1.09. The maximum Gasteiger partial charge on any atom is 0.331 e. The van der Waals surface area contributed by atoms with E-state index in [1.807, 2.05) is 24.5 Å². The third-order valence-corrected chi connectivity index (χ3v) is 13.0. The number of hydrogen-bond acceptors (Lipinski definition) is 10. The maximum absolute atomic E-state index is 12.7. The van der Waals surface area contributed by atoms with Gasteiger partial charge < -0.3 is 34.6 Å². The molecule has 3 heterocycles. The molecule has 12 unspecified atom stereocenters. The molecule has 1 aromatic rings. The molecule has 4 N–H and O–H groups in total. The quantitative estimate of drug-likeness (QED) is 0.212. The number of rotatable bonds is 6. The fourth-order valence-corrected chi connectivity index (χ4v) is 10.6. The van der Waals surface area contributed by atoms with Gasteiger partial charge >= 0.3 is 5.97 Å². The van der Waals surface area contributed by atoms with Crippen LogP contribution in [0, 0.1) is 28.6 Å². The van der Waals surface area contributed by atoms with E-state index in [0.717, 1.165) is 30.4 Å². The lowest BCUT2D eigenvalue weighted by Crippen LogP contribution is -2.69. The van der Waals surface area contributed by atoms with Gasteiger partial charge in [-0.1, -0.05) is 13.0 Å². The van der Waals surface area contributed by atoms with E-state index in [9.17, 15) is 25.2 Å². The van der Waals surface area contributed by atoms with E-state index in [1.165, 1.54) is 0 Å². The van der Waals surface area contributed by atoms with Crippen LogP contribution in [0.25, 0.3) is 0 Å². The molecule has 0 aromatic carbocycles. The summed E-state index contributed by atoms with van der Waals surface area (Å²) in [5, 5.41) is 45.9. The van der Waals surface area contributed by atoms with Crippen LogP contribution in [-0.2, 0) is 25.5 Å². The van der Waals surface area contributed by atoms with Gasteiger partial charge in [0.25, 0.3) is 0 Å². The van der Waals surface area contributed by atoms with Gasteiger partial charge in [0.2, 0.25) is 0 Å². The molecule has 4 aliphatic carbocycles. The molecule has 0 radical (unpaired) electrons. The number of fused-ring (bicyclic) bond motifs is 5. The van der Waals surface area contributed by atoms with E-state index in [1.54, 1.807) is 19.2 Å². The molecule has 0 bridgehead atoms. The first-order valence-electron chi connectivity index (χ1n) is 16.9. The number of pyridine rings is 1. The molecule has 10 heteroatoms. The van der Waals surface area contributed by atoms with Gasteiger partial charge in [0.15, 0.2) is 6.29 Å². The maximum atomic E-state index is 12.7. The predicted molar refractivity (Wildman–Crippen MR) is 164 cm³/mol. The van der Waals surface area contributed by atoms with Crippen molar-refractivity contribution in [2.24, 2.45) is 33.6 Å². The highest BCUT2D eigenvalue weighted by molar-refractivity contribution is 5.85. The Morgan fingerprint density at radius 2 is 1.93 bits per heavy atom. The number of cyclic esters (lactones) is 1. The topological polar surface area (TPSA) is 151 Å². The third-order valence-electron chi connectivity index (χ3n) is 13.0. The van der Waals surface area contributed by atoms with E-state index in [2.05, 4.69) is 11.9 Å². The summed E-state index contributed by atoms with van der Waals surface area (Å²) in [5.41, 5.74) is -1.03. The lowest BCUT2D eigenvalue weighted by molar-refractivity contribution is -0.282. The highest BCUT2D eigenvalue weighted by Crippen LogP contribution is 2.70. The first kappa shape index (κ1) is 31.4. The minimum Gasteiger partial charge on any atom is -0.458 e. The van der Waals surface area contributed by atoms with Crippen molar-refractivity contribution in [2.45, 2.75) is 127 Å². The Morgan fingerprint density at radius 3 is 2.67 bits per heavy atom. The minimum absolute atomic E-state index is 0.0124. The number of carbonyl (C=O) groups is 1. The van der Waals surface area contributed by atoms with Crippen LogP contribution < -0.4 is 0 Å². The highest BCUT2D eigenvalue weighted by Gasteiger charge is 2.71. The zero-order chi connectivity index (χ0) is 31.6. The number of ether oxygens (including phenoxy) is 3. The average molecular weight is 625 g/mol. The van der Waals surface area contributed by atoms with Crippen LogP contribution in [0.3, 0.4) is 0 Å². The van der Waals surface area contributed by atoms with E-state index < -0.39 is 41.2 Å². The molecule has 6 aliphatic rings. The Balaban J connectivity index is 1.17. The number of aromatic nitrogens is 1. The van der Waals surface area contributed by atoms with Crippen molar-refractivity contribution < 1.29 is 39.4 Å². The van der Waals surface area contributed by atoms with Crippen LogP contribution in [-0.4, -0.2) is 86.1 Å². The molecule has 246 valence electrons. The van der Waals surface area contributed by atoms with Gasteiger partial charge in [0.05, 0.1) is 36.1 Å². The van der Waals surface area contributed by atoms with Crippen LogP contribution in [0.15, 0.2) is 41.2 Å². The van der Waals surface area contributed by atoms with Gasteiger partial charge in [-0.15, -0.1) is 0 Å². The number of esters is 1. The van der Waals surface area contributed by atoms with Crippen LogP contribution in [0.4, 0.5) is 0 Å². The second-order valence-corrected chi connectivity index (χ2v) is 15.0. The second kappa shape index (κ2) is 11.5. The lowest BCUT2D eigenvalue weighted by Gasteiger charge is -2.66. The molecule has 1 aromatic heterocycles. The Bertz CT molecular complexity index is 1330. The van der Waals surface area contributed by atoms with Crippen LogP contribution in [0.2, 0.25) is 0 Å². The zero-order valence-corrected chi connectivity index (χ0v) is 26.4. The standard InChI is InChI=1S/C35H48N2O8/c1-21-31(40)28(38)15-30(44-21)45-24-5-10-33(20-37-18-22-4-3-13-36-17-22)26-6-9-32(2)25(23-14-29(39)43-19-23)8-12-35(32,42)27(26)7-11-34(33,41)16-24/h3-4,13-14,17,20-21,24-28,30-31,38,40-42H,5-12,15-16,18-19H2,1-2H3. The molecule has 5 fully saturated rings. The van der Waals surface area contributed by atoms with Crippen molar-refractivity contribution in [1.29, 1.82) is 0 Å². The first-order chi connectivity index (χ1) is 21.5. The van der Waals surface area contributed by atoms with E-state index in [4.69, 9.17) is 19.2 Å². The summed E-state index contributed by atoms with van der Waals surface area (Å²) < 4.78 is 17.5.